The fraction of sp³-hybridized carbons (Fsp3) is 0.462. The molecule has 0 aliphatic carbocycles. The molecule has 2 aromatic rings. The average molecular weight is 424 g/mol. The van der Waals surface area contributed by atoms with Gasteiger partial charge in [0.05, 0.1) is 14.2 Å². The van der Waals surface area contributed by atoms with Crippen molar-refractivity contribution in [3.63, 3.8) is 0 Å². The Kier molecular flexibility index (Phi) is 6.17. The van der Waals surface area contributed by atoms with Gasteiger partial charge in [0.1, 0.15) is 5.75 Å². The number of nitrogens with zero attached hydrogens (tertiary/aromatic N) is 1. The lowest BCUT2D eigenvalue weighted by Crippen LogP contribution is -2.51. The third-order valence-electron chi connectivity index (χ3n) is 5.98. The highest BCUT2D eigenvalue weighted by Crippen LogP contribution is 2.45. The second kappa shape index (κ2) is 8.37. The summed E-state index contributed by atoms with van der Waals surface area (Å²) in [7, 11) is 3.00. The van der Waals surface area contributed by atoms with Crippen LogP contribution in [-0.4, -0.2) is 31.0 Å². The Morgan fingerprint density at radius 3 is 2.35 bits per heavy atom. The number of hydrogen-bond acceptors (Lipinski definition) is 4. The van der Waals surface area contributed by atoms with Gasteiger partial charge in [0.2, 0.25) is 0 Å². The molecule has 5 nitrogen and oxygen atoms in total. The van der Waals surface area contributed by atoms with E-state index in [9.17, 15) is 9.59 Å². The Bertz CT molecular complexity index is 989. The lowest BCUT2D eigenvalue weighted by atomic mass is 9.81. The molecule has 0 radical (unpaired) electrons. The van der Waals surface area contributed by atoms with E-state index in [1.54, 1.807) is 18.1 Å². The summed E-state index contributed by atoms with van der Waals surface area (Å²) in [5, 5.41) is 0. The molecule has 166 valence electrons. The number of amides is 1. The van der Waals surface area contributed by atoms with Crippen molar-refractivity contribution in [2.75, 3.05) is 14.2 Å². The van der Waals surface area contributed by atoms with Crippen LogP contribution in [0, 0.1) is 5.92 Å². The summed E-state index contributed by atoms with van der Waals surface area (Å²) >= 11 is 0. The summed E-state index contributed by atoms with van der Waals surface area (Å²) in [6.45, 7) is 10.8. The molecule has 0 spiro atoms. The summed E-state index contributed by atoms with van der Waals surface area (Å²) in [5.74, 6) is 0.236. The van der Waals surface area contributed by atoms with Gasteiger partial charge in [-0.2, -0.15) is 0 Å². The van der Waals surface area contributed by atoms with E-state index in [0.717, 1.165) is 16.7 Å². The normalized spacial score (nSPS) is 18.1. The van der Waals surface area contributed by atoms with Crippen molar-refractivity contribution in [2.45, 2.75) is 58.5 Å². The van der Waals surface area contributed by atoms with Crippen LogP contribution in [0.15, 0.2) is 42.5 Å². The fourth-order valence-corrected chi connectivity index (χ4v) is 4.64. The zero-order valence-corrected chi connectivity index (χ0v) is 19.6. The van der Waals surface area contributed by atoms with Gasteiger partial charge in [-0.15, -0.1) is 0 Å². The summed E-state index contributed by atoms with van der Waals surface area (Å²) in [6.07, 6.45) is 0.486. The number of esters is 1. The molecular weight excluding hydrogens is 390 g/mol. The summed E-state index contributed by atoms with van der Waals surface area (Å²) in [4.78, 5) is 28.7. The third kappa shape index (κ3) is 3.93. The van der Waals surface area contributed by atoms with Gasteiger partial charge in [0.15, 0.2) is 5.54 Å². The first kappa shape index (κ1) is 22.9. The van der Waals surface area contributed by atoms with Crippen LogP contribution in [0.25, 0.3) is 0 Å². The van der Waals surface area contributed by atoms with E-state index in [4.69, 9.17) is 9.47 Å². The molecule has 1 amide bonds. The van der Waals surface area contributed by atoms with Crippen molar-refractivity contribution < 1.29 is 19.1 Å². The molecule has 5 heteroatoms. The minimum absolute atomic E-state index is 0.121. The monoisotopic (exact) mass is 423 g/mol. The molecule has 31 heavy (non-hydrogen) atoms. The molecule has 1 atom stereocenters. The zero-order valence-electron chi connectivity index (χ0n) is 19.6. The number of ether oxygens (including phenoxy) is 2. The molecule has 3 rings (SSSR count). The van der Waals surface area contributed by atoms with E-state index in [1.165, 1.54) is 7.11 Å². The van der Waals surface area contributed by atoms with Gasteiger partial charge in [0.25, 0.3) is 5.91 Å². The Labute approximate surface area is 185 Å². The minimum Gasteiger partial charge on any atom is -0.496 e. The van der Waals surface area contributed by atoms with Gasteiger partial charge in [-0.05, 0) is 46.6 Å². The summed E-state index contributed by atoms with van der Waals surface area (Å²) in [5.41, 5.74) is 2.08. The summed E-state index contributed by atoms with van der Waals surface area (Å²) in [6, 6.07) is 13.3. The highest BCUT2D eigenvalue weighted by molar-refractivity contribution is 6.00. The van der Waals surface area contributed by atoms with Gasteiger partial charge < -0.3 is 14.4 Å². The Morgan fingerprint density at radius 1 is 1.10 bits per heavy atom. The van der Waals surface area contributed by atoms with Gasteiger partial charge in [-0.25, -0.2) is 4.79 Å². The van der Waals surface area contributed by atoms with Gasteiger partial charge in [-0.3, -0.25) is 4.79 Å². The zero-order chi connectivity index (χ0) is 23.0. The standard InChI is InChI=1S/C26H33NO4/c1-17(2)15-26(24(29)31-7)20-11-9-8-10-19(20)16-27(26)23(28)18-12-13-21(25(3,4)5)22(14-18)30-6/h8-14,17H,15-16H2,1-7H3. The SMILES string of the molecule is COC(=O)C1(CC(C)C)c2ccccc2CN1C(=O)c1ccc(C(C)(C)C)c(OC)c1. The molecule has 0 fully saturated rings. The van der Waals surface area contributed by atoms with Crippen molar-refractivity contribution in [1.82, 2.24) is 4.90 Å². The molecule has 0 saturated heterocycles. The molecule has 0 N–H and O–H groups in total. The van der Waals surface area contributed by atoms with Crippen LogP contribution in [0.2, 0.25) is 0 Å². The molecule has 0 saturated carbocycles. The number of hydrogen-bond donors (Lipinski definition) is 0. The maximum atomic E-state index is 13.8. The van der Waals surface area contributed by atoms with Crippen LogP contribution >= 0.6 is 0 Å². The average Bonchev–Trinajstić information content (AvgIpc) is 3.06. The van der Waals surface area contributed by atoms with Crippen LogP contribution in [0.5, 0.6) is 5.75 Å². The number of carbonyl (C=O) groups excluding carboxylic acids is 2. The number of benzene rings is 2. The van der Waals surface area contributed by atoms with Crippen molar-refractivity contribution in [3.8, 4) is 5.75 Å². The van der Waals surface area contributed by atoms with E-state index < -0.39 is 11.5 Å². The first-order valence-corrected chi connectivity index (χ1v) is 10.7. The molecule has 1 aliphatic rings. The van der Waals surface area contributed by atoms with E-state index in [-0.39, 0.29) is 17.2 Å². The van der Waals surface area contributed by atoms with Gasteiger partial charge in [0, 0.05) is 12.1 Å². The Balaban J connectivity index is 2.14. The molecule has 1 unspecified atom stereocenters. The largest absolute Gasteiger partial charge is 0.496 e. The van der Waals surface area contributed by atoms with Gasteiger partial charge in [-0.1, -0.05) is 65.0 Å². The lowest BCUT2D eigenvalue weighted by molar-refractivity contribution is -0.155. The van der Waals surface area contributed by atoms with Crippen LogP contribution in [0.1, 0.15) is 68.1 Å². The van der Waals surface area contributed by atoms with Crippen LogP contribution in [-0.2, 0) is 27.0 Å². The van der Waals surface area contributed by atoms with Crippen molar-refractivity contribution >= 4 is 11.9 Å². The fourth-order valence-electron chi connectivity index (χ4n) is 4.64. The second-order valence-corrected chi connectivity index (χ2v) is 9.66. The molecule has 2 aromatic carbocycles. The highest BCUT2D eigenvalue weighted by atomic mass is 16.5. The maximum absolute atomic E-state index is 13.8. The first-order chi connectivity index (χ1) is 14.6. The first-order valence-electron chi connectivity index (χ1n) is 10.7. The maximum Gasteiger partial charge on any atom is 0.336 e. The smallest absolute Gasteiger partial charge is 0.336 e. The highest BCUT2D eigenvalue weighted by Gasteiger charge is 2.54. The van der Waals surface area contributed by atoms with Crippen molar-refractivity contribution in [1.29, 1.82) is 0 Å². The predicted molar refractivity (Wildman–Crippen MR) is 121 cm³/mol. The topological polar surface area (TPSA) is 55.8 Å². The predicted octanol–water partition coefficient (Wildman–Crippen LogP) is 5.06. The minimum atomic E-state index is -1.15. The van der Waals surface area contributed by atoms with E-state index in [2.05, 4.69) is 34.6 Å². The number of fused-ring (bicyclic) bond motifs is 1. The Hall–Kier alpha value is -2.82. The van der Waals surface area contributed by atoms with E-state index in [1.807, 2.05) is 36.4 Å². The van der Waals surface area contributed by atoms with Crippen molar-refractivity contribution in [2.24, 2.45) is 5.92 Å². The van der Waals surface area contributed by atoms with Crippen LogP contribution in [0.3, 0.4) is 0 Å². The second-order valence-electron chi connectivity index (χ2n) is 9.66. The Morgan fingerprint density at radius 2 is 1.77 bits per heavy atom. The van der Waals surface area contributed by atoms with Crippen LogP contribution in [0.4, 0.5) is 0 Å². The van der Waals surface area contributed by atoms with E-state index >= 15 is 0 Å². The van der Waals surface area contributed by atoms with Gasteiger partial charge >= 0.3 is 5.97 Å². The molecule has 0 aromatic heterocycles. The molecule has 1 aliphatic heterocycles. The third-order valence-corrected chi connectivity index (χ3v) is 5.98. The number of carbonyl (C=O) groups is 2. The lowest BCUT2D eigenvalue weighted by Gasteiger charge is -2.38. The van der Waals surface area contributed by atoms with Crippen molar-refractivity contribution in [3.05, 3.63) is 64.7 Å². The number of methoxy groups -OCH3 is 2. The number of rotatable bonds is 5. The van der Waals surface area contributed by atoms with Crippen LogP contribution < -0.4 is 4.74 Å². The quantitative estimate of drug-likeness (QED) is 0.631. The summed E-state index contributed by atoms with van der Waals surface area (Å²) < 4.78 is 10.9. The molecule has 1 heterocycles. The molecule has 0 bridgehead atoms. The molecular formula is C26H33NO4. The van der Waals surface area contributed by atoms with E-state index in [0.29, 0.717) is 24.3 Å².